The number of hydrogen-bond acceptors (Lipinski definition) is 4. The molecule has 138 valence electrons. The van der Waals surface area contributed by atoms with Crippen molar-refractivity contribution < 1.29 is 14.3 Å². The molecule has 1 saturated heterocycles. The summed E-state index contributed by atoms with van der Waals surface area (Å²) >= 11 is 3.43. The maximum atomic E-state index is 13.0. The van der Waals surface area contributed by atoms with E-state index in [0.29, 0.717) is 29.8 Å². The fourth-order valence-electron chi connectivity index (χ4n) is 5.08. The number of ether oxygens (including phenoxy) is 1. The summed E-state index contributed by atoms with van der Waals surface area (Å²) in [5, 5.41) is 5.37. The topological polar surface area (TPSA) is 59.0 Å². The summed E-state index contributed by atoms with van der Waals surface area (Å²) in [4.78, 5) is 25.9. The Bertz CT molecular complexity index is 873. The molecule has 1 heterocycles. The van der Waals surface area contributed by atoms with Gasteiger partial charge < -0.3 is 4.74 Å². The van der Waals surface area contributed by atoms with Gasteiger partial charge in [0.05, 0.1) is 18.1 Å². The highest BCUT2D eigenvalue weighted by Crippen LogP contribution is 2.65. The highest BCUT2D eigenvalue weighted by atomic mass is 79.9. The molecule has 1 aromatic rings. The van der Waals surface area contributed by atoms with Crippen molar-refractivity contribution in [3.63, 3.8) is 0 Å². The maximum Gasteiger partial charge on any atom is 0.254 e. The van der Waals surface area contributed by atoms with Gasteiger partial charge in [-0.2, -0.15) is 10.1 Å². The predicted octanol–water partition coefficient (Wildman–Crippen LogP) is 3.40. The quantitative estimate of drug-likeness (QED) is 0.411. The smallest absolute Gasteiger partial charge is 0.254 e. The highest BCUT2D eigenvalue weighted by Gasteiger charge is 2.67. The van der Waals surface area contributed by atoms with Gasteiger partial charge in [-0.25, -0.2) is 0 Å². The highest BCUT2D eigenvalue weighted by molar-refractivity contribution is 9.10. The van der Waals surface area contributed by atoms with Crippen LogP contribution in [-0.2, 0) is 9.59 Å². The number of nitrogens with zero attached hydrogens (tertiary/aromatic N) is 2. The number of hydrogen-bond donors (Lipinski definition) is 0. The maximum absolute atomic E-state index is 13.0. The van der Waals surface area contributed by atoms with E-state index in [1.54, 1.807) is 6.08 Å². The minimum atomic E-state index is -0.229. The van der Waals surface area contributed by atoms with Crippen LogP contribution in [0.2, 0.25) is 0 Å². The molecule has 3 fully saturated rings. The molecule has 6 heteroatoms. The number of benzene rings is 1. The summed E-state index contributed by atoms with van der Waals surface area (Å²) in [7, 11) is 0. The molecule has 2 amide bonds. The van der Waals surface area contributed by atoms with E-state index in [1.807, 2.05) is 18.2 Å². The van der Waals surface area contributed by atoms with Crippen LogP contribution < -0.4 is 4.74 Å². The van der Waals surface area contributed by atoms with Crippen LogP contribution in [0.15, 0.2) is 52.6 Å². The minimum Gasteiger partial charge on any atom is -0.489 e. The van der Waals surface area contributed by atoms with Gasteiger partial charge in [-0.05, 0) is 48.3 Å². The summed E-state index contributed by atoms with van der Waals surface area (Å²) in [5.74, 6) is 1.44. The average Bonchev–Trinajstić information content (AvgIpc) is 3.45. The second-order valence-corrected chi connectivity index (χ2v) is 8.58. The number of rotatable bonds is 5. The fourth-order valence-corrected chi connectivity index (χ4v) is 5.45. The lowest BCUT2D eigenvalue weighted by molar-refractivity contribution is -0.140. The van der Waals surface area contributed by atoms with Crippen LogP contribution in [-0.4, -0.2) is 29.6 Å². The van der Waals surface area contributed by atoms with Gasteiger partial charge >= 0.3 is 0 Å². The van der Waals surface area contributed by atoms with Gasteiger partial charge in [-0.15, -0.1) is 0 Å². The summed E-state index contributed by atoms with van der Waals surface area (Å²) < 4.78 is 6.51. The summed E-state index contributed by atoms with van der Waals surface area (Å²) in [6, 6.07) is 5.53. The normalized spacial score (nSPS) is 35.5. The first-order valence-corrected chi connectivity index (χ1v) is 10.0. The molecule has 0 unspecified atom stereocenters. The van der Waals surface area contributed by atoms with Crippen molar-refractivity contribution in [2.75, 3.05) is 6.61 Å². The molecule has 2 saturated carbocycles. The Balaban J connectivity index is 1.42. The van der Waals surface area contributed by atoms with Crippen LogP contribution in [0.4, 0.5) is 0 Å². The zero-order valence-corrected chi connectivity index (χ0v) is 16.2. The fraction of sp³-hybridized carbons (Fsp3) is 0.381. The van der Waals surface area contributed by atoms with Crippen molar-refractivity contribution in [1.29, 1.82) is 0 Å². The third-order valence-electron chi connectivity index (χ3n) is 6.28. The number of carbonyl (C=O) groups is 2. The lowest BCUT2D eigenvalue weighted by Gasteiger charge is -2.37. The molecule has 4 aliphatic carbocycles. The molecule has 1 aliphatic heterocycles. The molecule has 27 heavy (non-hydrogen) atoms. The Morgan fingerprint density at radius 2 is 1.85 bits per heavy atom. The van der Waals surface area contributed by atoms with Gasteiger partial charge in [-0.3, -0.25) is 9.59 Å². The van der Waals surface area contributed by atoms with Gasteiger partial charge in [0.2, 0.25) is 0 Å². The summed E-state index contributed by atoms with van der Waals surface area (Å²) in [5.41, 5.74) is 0.700. The molecule has 5 nitrogen and oxygen atoms in total. The van der Waals surface area contributed by atoms with Gasteiger partial charge in [0, 0.05) is 10.0 Å². The third-order valence-corrected chi connectivity index (χ3v) is 6.77. The lowest BCUT2D eigenvalue weighted by Crippen LogP contribution is -2.40. The number of carbonyl (C=O) groups excluding carboxylic acids is 2. The number of hydrazone groups is 1. The van der Waals surface area contributed by atoms with Crippen molar-refractivity contribution >= 4 is 34.0 Å². The number of imide groups is 1. The molecular weight excluding hydrogens is 408 g/mol. The van der Waals surface area contributed by atoms with E-state index in [2.05, 4.69) is 39.8 Å². The zero-order valence-electron chi connectivity index (χ0n) is 14.6. The Morgan fingerprint density at radius 3 is 2.48 bits per heavy atom. The first-order chi connectivity index (χ1) is 13.1. The van der Waals surface area contributed by atoms with Crippen LogP contribution in [0.25, 0.3) is 0 Å². The first-order valence-electron chi connectivity index (χ1n) is 9.23. The van der Waals surface area contributed by atoms with Crippen LogP contribution >= 0.6 is 15.9 Å². The Kier molecular flexibility index (Phi) is 3.86. The minimum absolute atomic E-state index is 0.158. The van der Waals surface area contributed by atoms with Crippen LogP contribution in [0.1, 0.15) is 12.0 Å². The van der Waals surface area contributed by atoms with Gasteiger partial charge in [-0.1, -0.05) is 40.7 Å². The number of halogens is 1. The number of amides is 2. The van der Waals surface area contributed by atoms with Crippen molar-refractivity contribution in [3.05, 3.63) is 53.0 Å². The SMILES string of the molecule is C=CCOc1ccc(Br)cc1/C=N\N1C(=O)[C@@H]2[C@H]3C=C[C@@H]([C@@H]4C[C@H]34)[C@@H]2C1=O. The Hall–Kier alpha value is -2.21. The molecule has 0 aromatic heterocycles. The van der Waals surface area contributed by atoms with Gasteiger partial charge in [0.25, 0.3) is 11.8 Å². The predicted molar refractivity (Wildman–Crippen MR) is 104 cm³/mol. The van der Waals surface area contributed by atoms with Crippen molar-refractivity contribution in [2.45, 2.75) is 6.42 Å². The average molecular weight is 427 g/mol. The molecular formula is C21H19BrN2O3. The molecule has 1 aromatic carbocycles. The van der Waals surface area contributed by atoms with E-state index < -0.39 is 0 Å². The van der Waals surface area contributed by atoms with E-state index in [9.17, 15) is 9.59 Å². The molecule has 6 atom stereocenters. The zero-order chi connectivity index (χ0) is 18.7. The molecule has 5 aliphatic rings. The lowest BCUT2D eigenvalue weighted by atomic mass is 9.63. The molecule has 0 spiro atoms. The van der Waals surface area contributed by atoms with E-state index >= 15 is 0 Å². The second kappa shape index (κ2) is 6.16. The van der Waals surface area contributed by atoms with E-state index in [4.69, 9.17) is 4.74 Å². The van der Waals surface area contributed by atoms with E-state index in [-0.39, 0.29) is 35.5 Å². The van der Waals surface area contributed by atoms with Crippen LogP contribution in [0, 0.1) is 35.5 Å². The van der Waals surface area contributed by atoms with Gasteiger partial charge in [0.1, 0.15) is 12.4 Å². The Labute approximate surface area is 165 Å². The molecule has 2 bridgehead atoms. The molecule has 0 N–H and O–H groups in total. The van der Waals surface area contributed by atoms with Crippen molar-refractivity contribution in [2.24, 2.45) is 40.6 Å². The van der Waals surface area contributed by atoms with Gasteiger partial charge in [0.15, 0.2) is 0 Å². The largest absolute Gasteiger partial charge is 0.489 e. The van der Waals surface area contributed by atoms with E-state index in [0.717, 1.165) is 15.9 Å². The van der Waals surface area contributed by atoms with Crippen LogP contribution in [0.5, 0.6) is 5.75 Å². The first kappa shape index (κ1) is 16.9. The summed E-state index contributed by atoms with van der Waals surface area (Å²) in [6.07, 6.45) is 8.67. The van der Waals surface area contributed by atoms with Crippen molar-refractivity contribution in [3.8, 4) is 5.75 Å². The van der Waals surface area contributed by atoms with Crippen LogP contribution in [0.3, 0.4) is 0 Å². The molecule has 6 rings (SSSR count). The standard InChI is InChI=1S/C21H19BrN2O3/c1-2-7-27-17-6-3-12(22)8-11(17)10-23-24-20(25)18-13-4-5-14(16-9-15(13)16)19(18)21(24)26/h2-6,8,10,13-16,18-19H,1,7,9H2/b23-10-/t13-,14-,15-,16+,18-,19+/m0/s1. The summed E-state index contributed by atoms with van der Waals surface area (Å²) in [6.45, 7) is 4.02. The monoisotopic (exact) mass is 426 g/mol. The third kappa shape index (κ3) is 2.53. The van der Waals surface area contributed by atoms with Crippen molar-refractivity contribution in [1.82, 2.24) is 5.01 Å². The number of allylic oxidation sites excluding steroid dienone is 2. The van der Waals surface area contributed by atoms with E-state index in [1.165, 1.54) is 6.21 Å². The Morgan fingerprint density at radius 1 is 1.19 bits per heavy atom. The molecule has 0 radical (unpaired) electrons. The second-order valence-electron chi connectivity index (χ2n) is 7.67.